The second kappa shape index (κ2) is 5.24. The van der Waals surface area contributed by atoms with E-state index in [0.29, 0.717) is 6.67 Å². The zero-order valence-electron chi connectivity index (χ0n) is 8.79. The summed E-state index contributed by atoms with van der Waals surface area (Å²) in [7, 11) is 0. The highest BCUT2D eigenvalue weighted by Gasteiger charge is 2.20. The van der Waals surface area contributed by atoms with Crippen LogP contribution in [0.25, 0.3) is 4.85 Å². The molecule has 0 unspecified atom stereocenters. The Morgan fingerprint density at radius 2 is 2.00 bits per heavy atom. The van der Waals surface area contributed by atoms with Gasteiger partial charge in [-0.15, -0.1) is 0 Å². The van der Waals surface area contributed by atoms with E-state index in [1.165, 1.54) is 19.3 Å². The second-order valence-electron chi connectivity index (χ2n) is 4.49. The van der Waals surface area contributed by atoms with Crippen molar-refractivity contribution in [2.45, 2.75) is 33.1 Å². The molecule has 0 amide bonds. The van der Waals surface area contributed by atoms with Gasteiger partial charge in [-0.3, -0.25) is 4.85 Å². The fraction of sp³-hybridized carbons (Fsp3) is 0.909. The van der Waals surface area contributed by atoms with Gasteiger partial charge in [0.25, 0.3) is 6.67 Å². The maximum Gasteiger partial charge on any atom is 0.270 e. The van der Waals surface area contributed by atoms with Crippen LogP contribution in [0.15, 0.2) is 0 Å². The molecule has 0 bridgehead atoms. The molecule has 1 heterocycles. The van der Waals surface area contributed by atoms with Gasteiger partial charge in [0.1, 0.15) is 0 Å². The van der Waals surface area contributed by atoms with Crippen molar-refractivity contribution < 1.29 is 0 Å². The monoisotopic (exact) mass is 180 g/mol. The van der Waals surface area contributed by atoms with Crippen molar-refractivity contribution in [2.24, 2.45) is 11.8 Å². The van der Waals surface area contributed by atoms with Crippen LogP contribution in [0.2, 0.25) is 0 Å². The molecule has 0 spiro atoms. The van der Waals surface area contributed by atoms with Crippen LogP contribution in [0.5, 0.6) is 0 Å². The molecule has 0 N–H and O–H groups in total. The van der Waals surface area contributed by atoms with Gasteiger partial charge in [-0.1, -0.05) is 13.8 Å². The Morgan fingerprint density at radius 3 is 2.46 bits per heavy atom. The fourth-order valence-electron chi connectivity index (χ4n) is 2.13. The van der Waals surface area contributed by atoms with Gasteiger partial charge in [-0.2, -0.15) is 0 Å². The van der Waals surface area contributed by atoms with Crippen LogP contribution in [0.1, 0.15) is 33.1 Å². The van der Waals surface area contributed by atoms with E-state index in [9.17, 15) is 0 Å². The van der Waals surface area contributed by atoms with E-state index in [4.69, 9.17) is 6.57 Å². The SMILES string of the molecule is [C-]#[N+]CN1CCC(CC(C)C)CC1. The second-order valence-corrected chi connectivity index (χ2v) is 4.49. The van der Waals surface area contributed by atoms with Crippen LogP contribution >= 0.6 is 0 Å². The van der Waals surface area contributed by atoms with Crippen molar-refractivity contribution in [1.82, 2.24) is 4.90 Å². The highest BCUT2D eigenvalue weighted by molar-refractivity contribution is 4.74. The smallest absolute Gasteiger partial charge is 0.270 e. The third-order valence-electron chi connectivity index (χ3n) is 2.78. The maximum absolute atomic E-state index is 6.79. The number of likely N-dealkylation sites (tertiary alicyclic amines) is 1. The maximum atomic E-state index is 6.79. The zero-order chi connectivity index (χ0) is 9.68. The van der Waals surface area contributed by atoms with E-state index in [1.807, 2.05) is 0 Å². The molecule has 0 aromatic carbocycles. The Balaban J connectivity index is 2.19. The lowest BCUT2D eigenvalue weighted by Crippen LogP contribution is -2.33. The normalized spacial score (nSPS) is 20.5. The van der Waals surface area contributed by atoms with Crippen LogP contribution in [-0.4, -0.2) is 24.7 Å². The molecule has 1 aliphatic rings. The minimum atomic E-state index is 0.606. The minimum absolute atomic E-state index is 0.606. The van der Waals surface area contributed by atoms with Gasteiger partial charge >= 0.3 is 0 Å². The van der Waals surface area contributed by atoms with Gasteiger partial charge in [0.2, 0.25) is 0 Å². The number of nitrogens with zero attached hydrogens (tertiary/aromatic N) is 2. The molecule has 2 heteroatoms. The first kappa shape index (κ1) is 10.5. The lowest BCUT2D eigenvalue weighted by molar-refractivity contribution is 0.184. The largest absolute Gasteiger partial charge is 0.299 e. The van der Waals surface area contributed by atoms with Gasteiger partial charge in [-0.25, -0.2) is 11.5 Å². The summed E-state index contributed by atoms with van der Waals surface area (Å²) in [6.07, 6.45) is 3.97. The Bertz CT molecular complexity index is 173. The standard InChI is InChI=1S/C11H20N2/c1-10(2)8-11-4-6-13(7-5-11)9-12-3/h10-11H,4-9H2,1-2H3. The van der Waals surface area contributed by atoms with Crippen molar-refractivity contribution in [1.29, 1.82) is 0 Å². The summed E-state index contributed by atoms with van der Waals surface area (Å²) in [5, 5.41) is 0. The van der Waals surface area contributed by atoms with Gasteiger partial charge < -0.3 is 0 Å². The van der Waals surface area contributed by atoms with Crippen LogP contribution in [0.3, 0.4) is 0 Å². The van der Waals surface area contributed by atoms with E-state index >= 15 is 0 Å². The molecule has 1 saturated heterocycles. The molecule has 0 aromatic heterocycles. The number of hydrogen-bond acceptors (Lipinski definition) is 1. The molecule has 1 fully saturated rings. The van der Waals surface area contributed by atoms with Gasteiger partial charge in [0.05, 0.1) is 0 Å². The van der Waals surface area contributed by atoms with Crippen LogP contribution < -0.4 is 0 Å². The van der Waals surface area contributed by atoms with Crippen molar-refractivity contribution >= 4 is 0 Å². The summed E-state index contributed by atoms with van der Waals surface area (Å²) < 4.78 is 0. The van der Waals surface area contributed by atoms with Gasteiger partial charge in [0.15, 0.2) is 0 Å². The molecule has 2 nitrogen and oxygen atoms in total. The molecule has 74 valence electrons. The molecule has 1 rings (SSSR count). The lowest BCUT2D eigenvalue weighted by Gasteiger charge is -2.29. The first-order chi connectivity index (χ1) is 6.22. The summed E-state index contributed by atoms with van der Waals surface area (Å²) in [6, 6.07) is 0. The highest BCUT2D eigenvalue weighted by Crippen LogP contribution is 2.23. The summed E-state index contributed by atoms with van der Waals surface area (Å²) in [5.41, 5.74) is 0. The summed E-state index contributed by atoms with van der Waals surface area (Å²) in [6.45, 7) is 14.3. The molecule has 0 aromatic rings. The van der Waals surface area contributed by atoms with Crippen molar-refractivity contribution in [3.63, 3.8) is 0 Å². The highest BCUT2D eigenvalue weighted by atomic mass is 15.2. The molecule has 0 radical (unpaired) electrons. The van der Waals surface area contributed by atoms with Crippen LogP contribution in [0.4, 0.5) is 0 Å². The Morgan fingerprint density at radius 1 is 1.38 bits per heavy atom. The summed E-state index contributed by atoms with van der Waals surface area (Å²) in [4.78, 5) is 5.69. The minimum Gasteiger partial charge on any atom is -0.299 e. The van der Waals surface area contributed by atoms with E-state index < -0.39 is 0 Å². The van der Waals surface area contributed by atoms with Gasteiger partial charge in [0, 0.05) is 13.1 Å². The first-order valence-electron chi connectivity index (χ1n) is 5.28. The first-order valence-corrected chi connectivity index (χ1v) is 5.28. The molecule has 1 aliphatic heterocycles. The average molecular weight is 180 g/mol. The molecule has 0 saturated carbocycles. The number of rotatable bonds is 3. The predicted molar refractivity (Wildman–Crippen MR) is 55.2 cm³/mol. The lowest BCUT2D eigenvalue weighted by atomic mass is 9.89. The quantitative estimate of drug-likeness (QED) is 0.606. The van der Waals surface area contributed by atoms with Crippen LogP contribution in [-0.2, 0) is 0 Å². The Labute approximate surface area is 81.7 Å². The Hall–Kier alpha value is -0.550. The Kier molecular flexibility index (Phi) is 4.24. The zero-order valence-corrected chi connectivity index (χ0v) is 8.79. The summed E-state index contributed by atoms with van der Waals surface area (Å²) >= 11 is 0. The van der Waals surface area contributed by atoms with Gasteiger partial charge in [-0.05, 0) is 31.1 Å². The van der Waals surface area contributed by atoms with Crippen molar-refractivity contribution in [3.05, 3.63) is 11.4 Å². The third kappa shape index (κ3) is 3.78. The topological polar surface area (TPSA) is 7.60 Å². The van der Waals surface area contributed by atoms with E-state index in [1.54, 1.807) is 0 Å². The molecule has 0 atom stereocenters. The van der Waals surface area contributed by atoms with E-state index in [-0.39, 0.29) is 0 Å². The van der Waals surface area contributed by atoms with E-state index in [2.05, 4.69) is 23.6 Å². The third-order valence-corrected chi connectivity index (χ3v) is 2.78. The average Bonchev–Trinajstić information content (AvgIpc) is 2.08. The molecular formula is C11H20N2. The molecular weight excluding hydrogens is 160 g/mol. The fourth-order valence-corrected chi connectivity index (χ4v) is 2.13. The van der Waals surface area contributed by atoms with Crippen LogP contribution in [0, 0.1) is 18.4 Å². The molecule has 0 aliphatic carbocycles. The van der Waals surface area contributed by atoms with Crippen molar-refractivity contribution in [3.8, 4) is 0 Å². The molecule has 13 heavy (non-hydrogen) atoms. The number of piperidine rings is 1. The van der Waals surface area contributed by atoms with Crippen molar-refractivity contribution in [2.75, 3.05) is 19.8 Å². The predicted octanol–water partition coefficient (Wildman–Crippen LogP) is 2.62. The van der Waals surface area contributed by atoms with E-state index in [0.717, 1.165) is 24.9 Å². The summed E-state index contributed by atoms with van der Waals surface area (Å²) in [5.74, 6) is 1.75. The number of hydrogen-bond donors (Lipinski definition) is 0.